The Balaban J connectivity index is 1.95. The molecule has 2 aliphatic rings. The number of carbonyl (C=O) groups excluding carboxylic acids is 2. The molecule has 1 fully saturated rings. The molecule has 3 rings (SSSR count). The molecular formula is C16H18NO2. The van der Waals surface area contributed by atoms with Crippen LogP contribution in [0.4, 0.5) is 0 Å². The van der Waals surface area contributed by atoms with E-state index in [0.717, 1.165) is 6.42 Å². The van der Waals surface area contributed by atoms with Crippen LogP contribution in [0, 0.1) is 17.8 Å². The maximum atomic E-state index is 12.4. The van der Waals surface area contributed by atoms with Gasteiger partial charge in [0.25, 0.3) is 11.8 Å². The smallest absolute Gasteiger partial charge is 0.261 e. The molecule has 0 N–H and O–H groups in total. The molecule has 1 heterocycles. The van der Waals surface area contributed by atoms with Crippen molar-refractivity contribution in [3.8, 4) is 0 Å². The standard InChI is InChI=1S/C16H18NO2/c1-4-13(12-9-16(12,2)3)17-14(18)10-7-5-6-8-11(10)15(17)19/h4-8,12-13H,9H2,1-3H3. The van der Waals surface area contributed by atoms with E-state index in [1.54, 1.807) is 24.3 Å². The minimum Gasteiger partial charge on any atom is -0.271 e. The monoisotopic (exact) mass is 256 g/mol. The summed E-state index contributed by atoms with van der Waals surface area (Å²) in [5.41, 5.74) is 1.31. The summed E-state index contributed by atoms with van der Waals surface area (Å²) in [5, 5.41) is 0. The van der Waals surface area contributed by atoms with Gasteiger partial charge in [0.2, 0.25) is 0 Å². The Bertz CT molecular complexity index is 527. The van der Waals surface area contributed by atoms with Crippen LogP contribution in [0.3, 0.4) is 0 Å². The van der Waals surface area contributed by atoms with Gasteiger partial charge in [0.15, 0.2) is 0 Å². The third-order valence-electron chi connectivity index (χ3n) is 4.47. The van der Waals surface area contributed by atoms with Gasteiger partial charge in [-0.2, -0.15) is 0 Å². The van der Waals surface area contributed by atoms with Gasteiger partial charge in [-0.15, -0.1) is 0 Å². The van der Waals surface area contributed by atoms with Crippen LogP contribution >= 0.6 is 0 Å². The van der Waals surface area contributed by atoms with E-state index < -0.39 is 0 Å². The van der Waals surface area contributed by atoms with Crippen molar-refractivity contribution in [3.05, 3.63) is 41.8 Å². The molecule has 1 aliphatic heterocycles. The highest BCUT2D eigenvalue weighted by Gasteiger charge is 2.54. The lowest BCUT2D eigenvalue weighted by molar-refractivity contribution is 0.0580. The second-order valence-electron chi connectivity index (χ2n) is 6.15. The average molecular weight is 256 g/mol. The minimum atomic E-state index is -0.147. The number of benzene rings is 1. The number of hydrogen-bond acceptors (Lipinski definition) is 2. The van der Waals surface area contributed by atoms with Gasteiger partial charge >= 0.3 is 0 Å². The lowest BCUT2D eigenvalue weighted by Crippen LogP contribution is -2.42. The summed E-state index contributed by atoms with van der Waals surface area (Å²) in [7, 11) is 0. The molecule has 0 bridgehead atoms. The zero-order chi connectivity index (χ0) is 13.8. The van der Waals surface area contributed by atoms with Crippen molar-refractivity contribution in [2.75, 3.05) is 0 Å². The van der Waals surface area contributed by atoms with E-state index in [-0.39, 0.29) is 23.3 Å². The summed E-state index contributed by atoms with van der Waals surface area (Å²) < 4.78 is 0. The highest BCUT2D eigenvalue weighted by molar-refractivity contribution is 6.21. The summed E-state index contributed by atoms with van der Waals surface area (Å²) in [6.07, 6.45) is 3.05. The normalized spacial score (nSPS) is 25.4. The fourth-order valence-electron chi connectivity index (χ4n) is 3.13. The fourth-order valence-corrected chi connectivity index (χ4v) is 3.13. The molecule has 99 valence electrons. The van der Waals surface area contributed by atoms with Crippen LogP contribution in [0.1, 0.15) is 47.9 Å². The molecule has 19 heavy (non-hydrogen) atoms. The van der Waals surface area contributed by atoms with Gasteiger partial charge in [0.1, 0.15) is 0 Å². The molecule has 1 saturated carbocycles. The maximum absolute atomic E-state index is 12.4. The van der Waals surface area contributed by atoms with Crippen LogP contribution in [0.5, 0.6) is 0 Å². The van der Waals surface area contributed by atoms with E-state index in [1.807, 2.05) is 13.3 Å². The number of fused-ring (bicyclic) bond motifs is 1. The van der Waals surface area contributed by atoms with Crippen LogP contribution in [0.25, 0.3) is 0 Å². The molecule has 0 aromatic heterocycles. The predicted octanol–water partition coefficient (Wildman–Crippen LogP) is 2.92. The quantitative estimate of drug-likeness (QED) is 0.780. The molecular weight excluding hydrogens is 238 g/mol. The Hall–Kier alpha value is -1.64. The maximum Gasteiger partial charge on any atom is 0.261 e. The van der Waals surface area contributed by atoms with Crippen molar-refractivity contribution in [1.82, 2.24) is 4.90 Å². The topological polar surface area (TPSA) is 37.4 Å². The molecule has 0 saturated heterocycles. The first-order valence-electron chi connectivity index (χ1n) is 6.74. The third-order valence-corrected chi connectivity index (χ3v) is 4.47. The molecule has 3 nitrogen and oxygen atoms in total. The van der Waals surface area contributed by atoms with Crippen molar-refractivity contribution in [2.24, 2.45) is 11.3 Å². The van der Waals surface area contributed by atoms with E-state index in [1.165, 1.54) is 4.90 Å². The summed E-state index contributed by atoms with van der Waals surface area (Å²) >= 11 is 0. The zero-order valence-electron chi connectivity index (χ0n) is 11.5. The Morgan fingerprint density at radius 3 is 2.05 bits per heavy atom. The first kappa shape index (κ1) is 12.4. The van der Waals surface area contributed by atoms with E-state index in [0.29, 0.717) is 17.0 Å². The Morgan fingerprint density at radius 2 is 1.68 bits per heavy atom. The first-order chi connectivity index (χ1) is 8.97. The van der Waals surface area contributed by atoms with Crippen LogP contribution in [-0.4, -0.2) is 22.8 Å². The number of nitrogens with zero attached hydrogens (tertiary/aromatic N) is 1. The van der Waals surface area contributed by atoms with E-state index in [9.17, 15) is 9.59 Å². The van der Waals surface area contributed by atoms with E-state index in [2.05, 4.69) is 13.8 Å². The molecule has 2 atom stereocenters. The lowest BCUT2D eigenvalue weighted by Gasteiger charge is -2.26. The predicted molar refractivity (Wildman–Crippen MR) is 72.6 cm³/mol. The SMILES string of the molecule is C[CH]C(C1CC1(C)C)N1C(=O)c2ccccc2C1=O. The molecule has 2 amide bonds. The van der Waals surface area contributed by atoms with Crippen molar-refractivity contribution in [1.29, 1.82) is 0 Å². The summed E-state index contributed by atoms with van der Waals surface area (Å²) in [6, 6.07) is 7.00. The number of rotatable bonds is 3. The largest absolute Gasteiger partial charge is 0.271 e. The van der Waals surface area contributed by atoms with E-state index in [4.69, 9.17) is 0 Å². The fraction of sp³-hybridized carbons (Fsp3) is 0.438. The van der Waals surface area contributed by atoms with E-state index >= 15 is 0 Å². The van der Waals surface area contributed by atoms with Gasteiger partial charge in [-0.05, 0) is 36.3 Å². The Labute approximate surface area is 113 Å². The molecule has 1 aliphatic carbocycles. The van der Waals surface area contributed by atoms with Gasteiger partial charge < -0.3 is 0 Å². The van der Waals surface area contributed by atoms with Crippen LogP contribution in [-0.2, 0) is 0 Å². The number of imide groups is 1. The first-order valence-corrected chi connectivity index (χ1v) is 6.74. The number of amides is 2. The average Bonchev–Trinajstić information content (AvgIpc) is 2.94. The van der Waals surface area contributed by atoms with Crippen LogP contribution in [0.15, 0.2) is 24.3 Å². The lowest BCUT2D eigenvalue weighted by atomic mass is 10.0. The minimum absolute atomic E-state index is 0.0811. The van der Waals surface area contributed by atoms with Crippen LogP contribution < -0.4 is 0 Å². The Morgan fingerprint density at radius 1 is 1.21 bits per heavy atom. The molecule has 0 spiro atoms. The summed E-state index contributed by atoms with van der Waals surface area (Å²) in [4.78, 5) is 26.3. The second kappa shape index (κ2) is 3.92. The van der Waals surface area contributed by atoms with Crippen molar-refractivity contribution in [3.63, 3.8) is 0 Å². The zero-order valence-corrected chi connectivity index (χ0v) is 11.5. The van der Waals surface area contributed by atoms with Gasteiger partial charge in [-0.3, -0.25) is 14.5 Å². The molecule has 1 aromatic rings. The molecule has 3 heteroatoms. The van der Waals surface area contributed by atoms with Gasteiger partial charge in [-0.25, -0.2) is 0 Å². The summed E-state index contributed by atoms with van der Waals surface area (Å²) in [5.74, 6) is 0.0949. The number of carbonyl (C=O) groups is 2. The van der Waals surface area contributed by atoms with Gasteiger partial charge in [0.05, 0.1) is 11.1 Å². The third kappa shape index (κ3) is 1.71. The van der Waals surface area contributed by atoms with Crippen molar-refractivity contribution in [2.45, 2.75) is 33.2 Å². The number of hydrogen-bond donors (Lipinski definition) is 0. The molecule has 1 aromatic carbocycles. The molecule has 1 radical (unpaired) electrons. The van der Waals surface area contributed by atoms with Crippen molar-refractivity contribution < 1.29 is 9.59 Å². The molecule has 2 unspecified atom stereocenters. The van der Waals surface area contributed by atoms with Crippen LogP contribution in [0.2, 0.25) is 0 Å². The van der Waals surface area contributed by atoms with Gasteiger partial charge in [-0.1, -0.05) is 32.9 Å². The highest BCUT2D eigenvalue weighted by Crippen LogP contribution is 2.55. The summed E-state index contributed by atoms with van der Waals surface area (Å²) in [6.45, 7) is 6.31. The second-order valence-corrected chi connectivity index (χ2v) is 6.15. The van der Waals surface area contributed by atoms with Crippen molar-refractivity contribution >= 4 is 11.8 Å². The highest BCUT2D eigenvalue weighted by atomic mass is 16.2. The Kier molecular flexibility index (Phi) is 2.56. The van der Waals surface area contributed by atoms with Gasteiger partial charge in [0, 0.05) is 6.04 Å².